The summed E-state index contributed by atoms with van der Waals surface area (Å²) in [5, 5.41) is 8.92. The van der Waals surface area contributed by atoms with Crippen LogP contribution >= 0.6 is 0 Å². The van der Waals surface area contributed by atoms with E-state index in [2.05, 4.69) is 33.2 Å². The number of piperidine rings is 1. The van der Waals surface area contributed by atoms with Crippen LogP contribution < -0.4 is 0 Å². The zero-order chi connectivity index (χ0) is 17.6. The minimum atomic E-state index is -0.142. The molecule has 4 rings (SSSR count). The fourth-order valence-corrected chi connectivity index (χ4v) is 3.49. The van der Waals surface area contributed by atoms with Crippen LogP contribution in [-0.2, 0) is 0 Å². The van der Waals surface area contributed by atoms with E-state index in [0.29, 0.717) is 12.3 Å². The van der Waals surface area contributed by atoms with Gasteiger partial charge in [-0.3, -0.25) is 9.48 Å². The quantitative estimate of drug-likeness (QED) is 0.710. The number of carbonyl (C=O) groups excluding carboxylic acids is 1. The lowest BCUT2D eigenvalue weighted by atomic mass is 10.1. The lowest BCUT2D eigenvalue weighted by Crippen LogP contribution is -2.41. The summed E-state index contributed by atoms with van der Waals surface area (Å²) in [6, 6.07) is 4.11. The van der Waals surface area contributed by atoms with Crippen LogP contribution in [-0.4, -0.2) is 53.3 Å². The summed E-state index contributed by atoms with van der Waals surface area (Å²) in [6.07, 6.45) is 3.64. The van der Waals surface area contributed by atoms with Gasteiger partial charge in [-0.1, -0.05) is 0 Å². The van der Waals surface area contributed by atoms with Crippen LogP contribution in [0.5, 0.6) is 0 Å². The van der Waals surface area contributed by atoms with Gasteiger partial charge in [-0.25, -0.2) is 9.50 Å². The fourth-order valence-electron chi connectivity index (χ4n) is 3.49. The van der Waals surface area contributed by atoms with Gasteiger partial charge in [0, 0.05) is 30.7 Å². The number of hydrogen-bond donors (Lipinski definition) is 0. The van der Waals surface area contributed by atoms with Gasteiger partial charge in [0.1, 0.15) is 0 Å². The summed E-state index contributed by atoms with van der Waals surface area (Å²) >= 11 is 0. The molecule has 3 aromatic rings. The molecular formula is C17H21N7O. The van der Waals surface area contributed by atoms with Gasteiger partial charge in [0.2, 0.25) is 5.82 Å². The van der Waals surface area contributed by atoms with Crippen molar-refractivity contribution < 1.29 is 4.79 Å². The molecule has 1 fully saturated rings. The second-order valence-corrected chi connectivity index (χ2v) is 6.65. The van der Waals surface area contributed by atoms with E-state index >= 15 is 0 Å². The van der Waals surface area contributed by atoms with Crippen LogP contribution in [0.4, 0.5) is 0 Å². The molecule has 0 saturated carbocycles. The van der Waals surface area contributed by atoms with E-state index in [1.807, 2.05) is 29.5 Å². The molecule has 8 heteroatoms. The molecule has 1 saturated heterocycles. The van der Waals surface area contributed by atoms with Crippen LogP contribution in [0, 0.1) is 20.8 Å². The number of hydrogen-bond acceptors (Lipinski definition) is 5. The number of amides is 1. The van der Waals surface area contributed by atoms with Gasteiger partial charge in [-0.2, -0.15) is 10.1 Å². The predicted molar refractivity (Wildman–Crippen MR) is 91.4 cm³/mol. The lowest BCUT2D eigenvalue weighted by molar-refractivity contribution is 0.0659. The van der Waals surface area contributed by atoms with Gasteiger partial charge < -0.3 is 4.90 Å². The van der Waals surface area contributed by atoms with Gasteiger partial charge in [0.25, 0.3) is 11.7 Å². The average Bonchev–Trinajstić information content (AvgIpc) is 3.18. The number of carbonyl (C=O) groups is 1. The molecule has 1 atom stereocenters. The molecule has 130 valence electrons. The lowest BCUT2D eigenvalue weighted by Gasteiger charge is -2.32. The summed E-state index contributed by atoms with van der Waals surface area (Å²) in [7, 11) is 0. The minimum Gasteiger partial charge on any atom is -0.334 e. The van der Waals surface area contributed by atoms with Crippen LogP contribution in [0.15, 0.2) is 18.3 Å². The Bertz CT molecular complexity index is 942. The predicted octanol–water partition coefficient (Wildman–Crippen LogP) is 1.72. The molecule has 0 bridgehead atoms. The summed E-state index contributed by atoms with van der Waals surface area (Å²) in [5.41, 5.74) is 3.03. The van der Waals surface area contributed by atoms with Gasteiger partial charge in [-0.15, -0.1) is 5.10 Å². The third-order valence-corrected chi connectivity index (χ3v) is 4.70. The normalized spacial score (nSPS) is 18.0. The van der Waals surface area contributed by atoms with E-state index in [0.717, 1.165) is 36.5 Å². The first-order valence-electron chi connectivity index (χ1n) is 8.53. The summed E-state index contributed by atoms with van der Waals surface area (Å²) in [6.45, 7) is 7.31. The van der Waals surface area contributed by atoms with Gasteiger partial charge in [0.15, 0.2) is 0 Å². The van der Waals surface area contributed by atoms with Crippen molar-refractivity contribution in [1.82, 2.24) is 34.3 Å². The van der Waals surface area contributed by atoms with Crippen molar-refractivity contribution >= 4 is 11.7 Å². The number of fused-ring (bicyclic) bond motifs is 1. The number of aromatic nitrogens is 6. The molecule has 1 aliphatic rings. The zero-order valence-corrected chi connectivity index (χ0v) is 14.7. The van der Waals surface area contributed by atoms with Crippen LogP contribution in [0.3, 0.4) is 0 Å². The highest BCUT2D eigenvalue weighted by Crippen LogP contribution is 2.23. The van der Waals surface area contributed by atoms with Crippen molar-refractivity contribution in [3.63, 3.8) is 0 Å². The van der Waals surface area contributed by atoms with Gasteiger partial charge in [-0.05, 0) is 45.7 Å². The second-order valence-electron chi connectivity index (χ2n) is 6.65. The minimum absolute atomic E-state index is 0.142. The molecule has 1 aliphatic heterocycles. The van der Waals surface area contributed by atoms with E-state index in [1.165, 1.54) is 0 Å². The molecule has 0 radical (unpaired) electrons. The van der Waals surface area contributed by atoms with E-state index in [1.54, 1.807) is 10.7 Å². The van der Waals surface area contributed by atoms with Crippen LogP contribution in [0.2, 0.25) is 0 Å². The molecule has 1 amide bonds. The summed E-state index contributed by atoms with van der Waals surface area (Å²) in [5.74, 6) is 0.516. The van der Waals surface area contributed by atoms with E-state index in [-0.39, 0.29) is 17.8 Å². The van der Waals surface area contributed by atoms with Gasteiger partial charge >= 0.3 is 0 Å². The Morgan fingerprint density at radius 3 is 2.76 bits per heavy atom. The molecule has 0 N–H and O–H groups in total. The van der Waals surface area contributed by atoms with Crippen molar-refractivity contribution in [2.75, 3.05) is 13.1 Å². The molecular weight excluding hydrogens is 318 g/mol. The van der Waals surface area contributed by atoms with E-state index in [4.69, 9.17) is 0 Å². The Kier molecular flexibility index (Phi) is 3.74. The highest BCUT2D eigenvalue weighted by Gasteiger charge is 2.29. The molecule has 0 aromatic carbocycles. The Balaban J connectivity index is 1.58. The third-order valence-electron chi connectivity index (χ3n) is 4.70. The van der Waals surface area contributed by atoms with Crippen molar-refractivity contribution in [3.8, 4) is 0 Å². The average molecular weight is 339 g/mol. The maximum Gasteiger partial charge on any atom is 0.293 e. The maximum absolute atomic E-state index is 12.9. The molecule has 0 spiro atoms. The van der Waals surface area contributed by atoms with E-state index in [9.17, 15) is 4.79 Å². The molecule has 0 aliphatic carbocycles. The monoisotopic (exact) mass is 339 g/mol. The highest BCUT2D eigenvalue weighted by atomic mass is 16.2. The van der Waals surface area contributed by atoms with Crippen LogP contribution in [0.25, 0.3) is 5.78 Å². The topological polar surface area (TPSA) is 81.2 Å². The van der Waals surface area contributed by atoms with Crippen molar-refractivity contribution in [3.05, 3.63) is 41.2 Å². The molecule has 3 aromatic heterocycles. The van der Waals surface area contributed by atoms with Gasteiger partial charge in [0.05, 0.1) is 11.7 Å². The molecule has 25 heavy (non-hydrogen) atoms. The van der Waals surface area contributed by atoms with E-state index < -0.39 is 0 Å². The van der Waals surface area contributed by atoms with Crippen LogP contribution in [0.1, 0.15) is 46.6 Å². The molecule has 0 unspecified atom stereocenters. The fraction of sp³-hybridized carbons (Fsp3) is 0.471. The Labute approximate surface area is 145 Å². The van der Waals surface area contributed by atoms with Crippen molar-refractivity contribution in [1.29, 1.82) is 0 Å². The zero-order valence-electron chi connectivity index (χ0n) is 14.7. The summed E-state index contributed by atoms with van der Waals surface area (Å²) in [4.78, 5) is 23.2. The second kappa shape index (κ2) is 5.94. The molecule has 4 heterocycles. The Morgan fingerprint density at radius 1 is 1.20 bits per heavy atom. The third kappa shape index (κ3) is 2.77. The maximum atomic E-state index is 12.9. The number of rotatable bonds is 2. The largest absolute Gasteiger partial charge is 0.334 e. The first kappa shape index (κ1) is 15.7. The molecule has 8 nitrogen and oxygen atoms in total. The standard InChI is InChI=1S/C17H21N7O/c1-11-9-13(3)23(20-11)14-5-4-8-22(10-14)16(25)15-19-17-18-7-6-12(2)24(17)21-15/h6-7,9,14H,4-5,8,10H2,1-3H3/t14-/m1/s1. The number of nitrogens with zero attached hydrogens (tertiary/aromatic N) is 7. The first-order valence-corrected chi connectivity index (χ1v) is 8.53. The Morgan fingerprint density at radius 2 is 2.04 bits per heavy atom. The SMILES string of the molecule is Cc1cc(C)n([C@@H]2CCCN(C(=O)c3nc4nccc(C)n4n3)C2)n1. The smallest absolute Gasteiger partial charge is 0.293 e. The van der Waals surface area contributed by atoms with Crippen molar-refractivity contribution in [2.45, 2.75) is 39.7 Å². The highest BCUT2D eigenvalue weighted by molar-refractivity contribution is 5.91. The number of likely N-dealkylation sites (tertiary alicyclic amines) is 1. The summed E-state index contributed by atoms with van der Waals surface area (Å²) < 4.78 is 3.65. The first-order chi connectivity index (χ1) is 12.0. The van der Waals surface area contributed by atoms with Crippen molar-refractivity contribution in [2.24, 2.45) is 0 Å². The number of aryl methyl sites for hydroxylation is 3. The Hall–Kier alpha value is -2.77.